The van der Waals surface area contributed by atoms with Crippen molar-refractivity contribution in [3.05, 3.63) is 35.9 Å². The zero-order valence-corrected chi connectivity index (χ0v) is 13.3. The largest absolute Gasteiger partial charge is 0.465 e. The molecule has 0 N–H and O–H groups in total. The van der Waals surface area contributed by atoms with Crippen LogP contribution in [-0.2, 0) is 16.0 Å². The minimum absolute atomic E-state index is 0.0143. The van der Waals surface area contributed by atoms with Crippen molar-refractivity contribution in [2.45, 2.75) is 51.4 Å². The molecule has 4 aliphatic rings. The quantitative estimate of drug-likeness (QED) is 0.754. The number of carbonyl (C=O) groups excluding carboxylic acids is 1. The standard InChI is InChI=1S/C20H26O2/c21-19(7-6-15-4-2-1-3-5-15)22-14-20-11-16-8-17(12-20)10-18(9-16)13-20/h1-5,16-18H,6-14H2. The summed E-state index contributed by atoms with van der Waals surface area (Å²) in [6.07, 6.45) is 9.57. The molecule has 0 aromatic heterocycles. The van der Waals surface area contributed by atoms with Crippen molar-refractivity contribution in [1.82, 2.24) is 0 Å². The second-order valence-corrected chi connectivity index (χ2v) is 8.06. The zero-order chi connectivity index (χ0) is 15.0. The third-order valence-corrected chi connectivity index (χ3v) is 6.17. The first-order valence-electron chi connectivity index (χ1n) is 8.90. The third kappa shape index (κ3) is 2.93. The first kappa shape index (κ1) is 14.3. The van der Waals surface area contributed by atoms with Gasteiger partial charge in [-0.2, -0.15) is 0 Å². The summed E-state index contributed by atoms with van der Waals surface area (Å²) in [6, 6.07) is 10.2. The average Bonchev–Trinajstić information content (AvgIpc) is 2.51. The molecule has 0 saturated heterocycles. The van der Waals surface area contributed by atoms with Crippen LogP contribution in [0.3, 0.4) is 0 Å². The van der Waals surface area contributed by atoms with Crippen molar-refractivity contribution in [1.29, 1.82) is 0 Å². The molecule has 0 radical (unpaired) electrons. The van der Waals surface area contributed by atoms with Gasteiger partial charge in [0.15, 0.2) is 0 Å². The number of ether oxygens (including phenoxy) is 1. The van der Waals surface area contributed by atoms with Gasteiger partial charge in [0, 0.05) is 11.8 Å². The number of hydrogen-bond donors (Lipinski definition) is 0. The van der Waals surface area contributed by atoms with Crippen LogP contribution >= 0.6 is 0 Å². The molecule has 22 heavy (non-hydrogen) atoms. The molecule has 4 fully saturated rings. The number of hydrogen-bond acceptors (Lipinski definition) is 2. The smallest absolute Gasteiger partial charge is 0.306 e. The Kier molecular flexibility index (Phi) is 3.71. The summed E-state index contributed by atoms with van der Waals surface area (Å²) >= 11 is 0. The summed E-state index contributed by atoms with van der Waals surface area (Å²) < 4.78 is 5.71. The van der Waals surface area contributed by atoms with E-state index in [9.17, 15) is 4.79 Å². The van der Waals surface area contributed by atoms with Gasteiger partial charge in [-0.1, -0.05) is 30.3 Å². The van der Waals surface area contributed by atoms with E-state index < -0.39 is 0 Å². The lowest BCUT2D eigenvalue weighted by Gasteiger charge is -2.56. The molecule has 4 aliphatic carbocycles. The Bertz CT molecular complexity index is 499. The molecule has 0 spiro atoms. The minimum atomic E-state index is -0.0143. The Morgan fingerprint density at radius 3 is 2.18 bits per heavy atom. The molecular formula is C20H26O2. The van der Waals surface area contributed by atoms with Gasteiger partial charge in [-0.15, -0.1) is 0 Å². The molecule has 0 aliphatic heterocycles. The van der Waals surface area contributed by atoms with Gasteiger partial charge in [-0.25, -0.2) is 0 Å². The van der Waals surface area contributed by atoms with E-state index in [1.165, 1.54) is 44.1 Å². The summed E-state index contributed by atoms with van der Waals surface area (Å²) in [5.74, 6) is 2.76. The van der Waals surface area contributed by atoms with Crippen molar-refractivity contribution in [2.75, 3.05) is 6.61 Å². The first-order chi connectivity index (χ1) is 10.7. The monoisotopic (exact) mass is 298 g/mol. The third-order valence-electron chi connectivity index (χ3n) is 6.17. The van der Waals surface area contributed by atoms with Gasteiger partial charge in [0.2, 0.25) is 0 Å². The van der Waals surface area contributed by atoms with Crippen LogP contribution in [0.5, 0.6) is 0 Å². The number of rotatable bonds is 5. The van der Waals surface area contributed by atoms with Gasteiger partial charge in [0.25, 0.3) is 0 Å². The fourth-order valence-electron chi connectivity index (χ4n) is 5.66. The van der Waals surface area contributed by atoms with Gasteiger partial charge in [-0.3, -0.25) is 4.79 Å². The lowest BCUT2D eigenvalue weighted by atomic mass is 9.50. The highest BCUT2D eigenvalue weighted by Crippen LogP contribution is 2.60. The lowest BCUT2D eigenvalue weighted by Crippen LogP contribution is -2.48. The van der Waals surface area contributed by atoms with E-state index in [0.29, 0.717) is 18.4 Å². The highest BCUT2D eigenvalue weighted by atomic mass is 16.5. The molecule has 4 bridgehead atoms. The molecule has 0 atom stereocenters. The van der Waals surface area contributed by atoms with E-state index in [4.69, 9.17) is 4.74 Å². The number of carbonyl (C=O) groups is 1. The van der Waals surface area contributed by atoms with E-state index in [-0.39, 0.29) is 5.97 Å². The molecule has 2 heteroatoms. The molecule has 118 valence electrons. The average molecular weight is 298 g/mol. The van der Waals surface area contributed by atoms with Gasteiger partial charge in [0.1, 0.15) is 0 Å². The summed E-state index contributed by atoms with van der Waals surface area (Å²) in [7, 11) is 0. The molecule has 5 rings (SSSR count). The lowest BCUT2D eigenvalue weighted by molar-refractivity contribution is -0.155. The molecule has 0 unspecified atom stereocenters. The molecule has 1 aromatic carbocycles. The maximum atomic E-state index is 12.1. The normalized spacial score (nSPS) is 35.5. The fraction of sp³-hybridized carbons (Fsp3) is 0.650. The molecule has 1 aromatic rings. The SMILES string of the molecule is O=C(CCc1ccccc1)OCC12CC3CC(CC(C3)C1)C2. The Labute approximate surface area is 133 Å². The maximum absolute atomic E-state index is 12.1. The number of benzene rings is 1. The second kappa shape index (κ2) is 5.72. The van der Waals surface area contributed by atoms with Crippen molar-refractivity contribution in [2.24, 2.45) is 23.2 Å². The molecule has 2 nitrogen and oxygen atoms in total. The fourth-order valence-corrected chi connectivity index (χ4v) is 5.66. The Balaban J connectivity index is 1.28. The predicted octanol–water partition coefficient (Wildman–Crippen LogP) is 4.38. The summed E-state index contributed by atoms with van der Waals surface area (Å²) in [4.78, 5) is 12.1. The van der Waals surface area contributed by atoms with Crippen molar-refractivity contribution >= 4 is 5.97 Å². The Morgan fingerprint density at radius 2 is 1.59 bits per heavy atom. The molecule has 0 heterocycles. The minimum Gasteiger partial charge on any atom is -0.465 e. The van der Waals surface area contributed by atoms with Crippen LogP contribution in [0.2, 0.25) is 0 Å². The van der Waals surface area contributed by atoms with Crippen LogP contribution < -0.4 is 0 Å². The van der Waals surface area contributed by atoms with Crippen LogP contribution in [-0.4, -0.2) is 12.6 Å². The Hall–Kier alpha value is -1.31. The highest BCUT2D eigenvalue weighted by Gasteiger charge is 2.51. The number of esters is 1. The van der Waals surface area contributed by atoms with Gasteiger partial charge in [-0.05, 0) is 68.3 Å². The van der Waals surface area contributed by atoms with E-state index in [1.807, 2.05) is 18.2 Å². The van der Waals surface area contributed by atoms with Crippen LogP contribution in [0.15, 0.2) is 30.3 Å². The van der Waals surface area contributed by atoms with Crippen molar-refractivity contribution in [3.63, 3.8) is 0 Å². The molecule has 4 saturated carbocycles. The van der Waals surface area contributed by atoms with E-state index in [2.05, 4.69) is 12.1 Å². The summed E-state index contributed by atoms with van der Waals surface area (Å²) in [5, 5.41) is 0. The zero-order valence-electron chi connectivity index (χ0n) is 13.3. The van der Waals surface area contributed by atoms with Crippen LogP contribution in [0.4, 0.5) is 0 Å². The molecular weight excluding hydrogens is 272 g/mol. The van der Waals surface area contributed by atoms with Crippen molar-refractivity contribution in [3.8, 4) is 0 Å². The second-order valence-electron chi connectivity index (χ2n) is 8.06. The maximum Gasteiger partial charge on any atom is 0.306 e. The summed E-state index contributed by atoms with van der Waals surface area (Å²) in [5.41, 5.74) is 1.56. The van der Waals surface area contributed by atoms with Gasteiger partial charge >= 0.3 is 5.97 Å². The van der Waals surface area contributed by atoms with Crippen LogP contribution in [0.1, 0.15) is 50.5 Å². The summed E-state index contributed by atoms with van der Waals surface area (Å²) in [6.45, 7) is 0.685. The predicted molar refractivity (Wildman–Crippen MR) is 86.3 cm³/mol. The Morgan fingerprint density at radius 1 is 1.00 bits per heavy atom. The van der Waals surface area contributed by atoms with E-state index in [1.54, 1.807) is 0 Å². The highest BCUT2D eigenvalue weighted by molar-refractivity contribution is 5.69. The van der Waals surface area contributed by atoms with Crippen molar-refractivity contribution < 1.29 is 9.53 Å². The van der Waals surface area contributed by atoms with E-state index in [0.717, 1.165) is 24.2 Å². The topological polar surface area (TPSA) is 26.3 Å². The van der Waals surface area contributed by atoms with Gasteiger partial charge < -0.3 is 4.74 Å². The first-order valence-corrected chi connectivity index (χ1v) is 8.90. The van der Waals surface area contributed by atoms with E-state index >= 15 is 0 Å². The van der Waals surface area contributed by atoms with Crippen LogP contribution in [0.25, 0.3) is 0 Å². The number of aryl methyl sites for hydroxylation is 1. The molecule has 0 amide bonds. The van der Waals surface area contributed by atoms with Gasteiger partial charge in [0.05, 0.1) is 6.61 Å². The van der Waals surface area contributed by atoms with Crippen LogP contribution in [0, 0.1) is 23.2 Å².